The van der Waals surface area contributed by atoms with Gasteiger partial charge in [0, 0.05) is 22.1 Å². The second-order valence-corrected chi connectivity index (χ2v) is 5.46. The second kappa shape index (κ2) is 5.19. The molecule has 1 N–H and O–H groups in total. The fourth-order valence-corrected chi connectivity index (χ4v) is 2.50. The highest BCUT2D eigenvalue weighted by Crippen LogP contribution is 2.33. The van der Waals surface area contributed by atoms with E-state index in [9.17, 15) is 0 Å². The van der Waals surface area contributed by atoms with Crippen molar-refractivity contribution in [3.8, 4) is 5.75 Å². The first-order valence-electron chi connectivity index (χ1n) is 5.85. The monoisotopic (exact) mass is 283 g/mol. The number of nitrogens with one attached hydrogen (secondary N) is 1. The van der Waals surface area contributed by atoms with Crippen LogP contribution in [0.5, 0.6) is 5.75 Å². The van der Waals surface area contributed by atoms with Crippen LogP contribution in [0.3, 0.4) is 0 Å². The Morgan fingerprint density at radius 3 is 3.00 bits per heavy atom. The predicted molar refractivity (Wildman–Crippen MR) is 69.9 cm³/mol. The van der Waals surface area contributed by atoms with E-state index in [1.54, 1.807) is 0 Å². The quantitative estimate of drug-likeness (QED) is 0.894. The summed E-state index contributed by atoms with van der Waals surface area (Å²) < 4.78 is 6.87. The molecule has 0 saturated heterocycles. The summed E-state index contributed by atoms with van der Waals surface area (Å²) in [5, 5.41) is 3.60. The molecule has 1 unspecified atom stereocenters. The van der Waals surface area contributed by atoms with Gasteiger partial charge in [-0.3, -0.25) is 0 Å². The van der Waals surface area contributed by atoms with E-state index in [-0.39, 0.29) is 0 Å². The molecule has 0 saturated carbocycles. The second-order valence-electron chi connectivity index (χ2n) is 4.55. The topological polar surface area (TPSA) is 21.3 Å². The molecule has 0 fully saturated rings. The van der Waals surface area contributed by atoms with E-state index in [2.05, 4.69) is 47.2 Å². The van der Waals surface area contributed by atoms with E-state index in [4.69, 9.17) is 4.74 Å². The number of ether oxygens (including phenoxy) is 1. The smallest absolute Gasteiger partial charge is 0.124 e. The lowest BCUT2D eigenvalue weighted by atomic mass is 10.0. The minimum absolute atomic E-state index is 0.412. The molecule has 1 aliphatic rings. The van der Waals surface area contributed by atoms with E-state index < -0.39 is 0 Å². The number of hydrogen-bond donors (Lipinski definition) is 1. The highest BCUT2D eigenvalue weighted by Gasteiger charge is 2.20. The lowest BCUT2D eigenvalue weighted by molar-refractivity contribution is 0.314. The van der Waals surface area contributed by atoms with E-state index in [1.165, 1.54) is 5.56 Å². The summed E-state index contributed by atoms with van der Waals surface area (Å²) in [7, 11) is 0. The fourth-order valence-electron chi connectivity index (χ4n) is 2.12. The Morgan fingerprint density at radius 2 is 2.25 bits per heavy atom. The van der Waals surface area contributed by atoms with Crippen LogP contribution in [0, 0.1) is 0 Å². The van der Waals surface area contributed by atoms with Gasteiger partial charge < -0.3 is 10.1 Å². The lowest BCUT2D eigenvalue weighted by Gasteiger charge is -2.21. The molecule has 2 rings (SSSR count). The van der Waals surface area contributed by atoms with Crippen LogP contribution < -0.4 is 10.1 Å². The number of halogens is 1. The summed E-state index contributed by atoms with van der Waals surface area (Å²) in [5.41, 5.74) is 1.28. The number of rotatable bonds is 2. The minimum atomic E-state index is 0.412. The van der Waals surface area contributed by atoms with Crippen molar-refractivity contribution >= 4 is 15.9 Å². The number of hydrogen-bond acceptors (Lipinski definition) is 2. The van der Waals surface area contributed by atoms with Gasteiger partial charge in [0.15, 0.2) is 0 Å². The van der Waals surface area contributed by atoms with Gasteiger partial charge in [-0.25, -0.2) is 0 Å². The van der Waals surface area contributed by atoms with Crippen molar-refractivity contribution in [2.75, 3.05) is 6.61 Å². The van der Waals surface area contributed by atoms with Gasteiger partial charge in [0.2, 0.25) is 0 Å². The van der Waals surface area contributed by atoms with Crippen LogP contribution in [0.2, 0.25) is 0 Å². The van der Waals surface area contributed by atoms with Crippen molar-refractivity contribution in [3.63, 3.8) is 0 Å². The van der Waals surface area contributed by atoms with E-state index in [0.29, 0.717) is 12.1 Å². The zero-order valence-corrected chi connectivity index (χ0v) is 11.4. The molecule has 1 aromatic rings. The van der Waals surface area contributed by atoms with Gasteiger partial charge in [-0.1, -0.05) is 29.8 Å². The first kappa shape index (κ1) is 11.9. The summed E-state index contributed by atoms with van der Waals surface area (Å²) in [6.45, 7) is 5.19. The molecule has 0 amide bonds. The Hall–Kier alpha value is -0.540. The molecule has 0 aliphatic carbocycles. The SMILES string of the molecule is CC(C)NC1CCCOc2ccc(Br)cc21. The van der Waals surface area contributed by atoms with Crippen LogP contribution in [0.4, 0.5) is 0 Å². The Morgan fingerprint density at radius 1 is 1.44 bits per heavy atom. The lowest BCUT2D eigenvalue weighted by Crippen LogP contribution is -2.27. The van der Waals surface area contributed by atoms with Crippen LogP contribution in [-0.4, -0.2) is 12.6 Å². The molecule has 1 heterocycles. The third-order valence-electron chi connectivity index (χ3n) is 2.78. The summed E-state index contributed by atoms with van der Waals surface area (Å²) >= 11 is 3.53. The third kappa shape index (κ3) is 2.77. The average Bonchev–Trinajstić information content (AvgIpc) is 2.41. The Bertz CT molecular complexity index is 365. The van der Waals surface area contributed by atoms with E-state index in [1.807, 2.05) is 6.07 Å². The maximum Gasteiger partial charge on any atom is 0.124 e. The zero-order valence-electron chi connectivity index (χ0n) is 9.79. The molecule has 2 nitrogen and oxygen atoms in total. The molecule has 0 bridgehead atoms. The molecule has 1 aliphatic heterocycles. The van der Waals surface area contributed by atoms with Crippen LogP contribution in [-0.2, 0) is 0 Å². The number of fused-ring (bicyclic) bond motifs is 1. The normalized spacial score (nSPS) is 20.1. The summed E-state index contributed by atoms with van der Waals surface area (Å²) in [6.07, 6.45) is 2.25. The van der Waals surface area contributed by atoms with Crippen molar-refractivity contribution in [1.82, 2.24) is 5.32 Å². The van der Waals surface area contributed by atoms with Gasteiger partial charge in [-0.15, -0.1) is 0 Å². The van der Waals surface area contributed by atoms with Gasteiger partial charge in [0.05, 0.1) is 6.61 Å². The van der Waals surface area contributed by atoms with Gasteiger partial charge >= 0.3 is 0 Å². The molecule has 88 valence electrons. The van der Waals surface area contributed by atoms with Gasteiger partial charge in [-0.05, 0) is 31.0 Å². The molecule has 16 heavy (non-hydrogen) atoms. The Balaban J connectivity index is 2.31. The molecule has 0 spiro atoms. The highest BCUT2D eigenvalue weighted by atomic mass is 79.9. The maximum absolute atomic E-state index is 5.75. The van der Waals surface area contributed by atoms with Gasteiger partial charge in [0.25, 0.3) is 0 Å². The minimum Gasteiger partial charge on any atom is -0.493 e. The summed E-state index contributed by atoms with van der Waals surface area (Å²) in [5.74, 6) is 1.03. The summed E-state index contributed by atoms with van der Waals surface area (Å²) in [6, 6.07) is 7.17. The fraction of sp³-hybridized carbons (Fsp3) is 0.538. The Labute approximate surface area is 106 Å². The molecule has 0 aromatic heterocycles. The van der Waals surface area contributed by atoms with Crippen molar-refractivity contribution in [3.05, 3.63) is 28.2 Å². The van der Waals surface area contributed by atoms with Crippen molar-refractivity contribution in [2.24, 2.45) is 0 Å². The average molecular weight is 284 g/mol. The van der Waals surface area contributed by atoms with E-state index >= 15 is 0 Å². The van der Waals surface area contributed by atoms with Crippen LogP contribution in [0.25, 0.3) is 0 Å². The standard InChI is InChI=1S/C13H18BrNO/c1-9(2)15-12-4-3-7-16-13-6-5-10(14)8-11(12)13/h5-6,8-9,12,15H,3-4,7H2,1-2H3. The molecule has 1 atom stereocenters. The van der Waals surface area contributed by atoms with Crippen LogP contribution >= 0.6 is 15.9 Å². The van der Waals surface area contributed by atoms with Crippen molar-refractivity contribution in [1.29, 1.82) is 0 Å². The van der Waals surface area contributed by atoms with Crippen molar-refractivity contribution < 1.29 is 4.74 Å². The molecule has 1 aromatic carbocycles. The zero-order chi connectivity index (χ0) is 11.5. The molecule has 3 heteroatoms. The van der Waals surface area contributed by atoms with E-state index in [0.717, 1.165) is 29.7 Å². The van der Waals surface area contributed by atoms with Crippen molar-refractivity contribution in [2.45, 2.75) is 38.8 Å². The third-order valence-corrected chi connectivity index (χ3v) is 3.27. The molecular weight excluding hydrogens is 266 g/mol. The van der Waals surface area contributed by atoms with Gasteiger partial charge in [0.1, 0.15) is 5.75 Å². The van der Waals surface area contributed by atoms with Gasteiger partial charge in [-0.2, -0.15) is 0 Å². The highest BCUT2D eigenvalue weighted by molar-refractivity contribution is 9.10. The first-order chi connectivity index (χ1) is 7.66. The number of benzene rings is 1. The van der Waals surface area contributed by atoms with Crippen LogP contribution in [0.1, 0.15) is 38.3 Å². The molecule has 0 radical (unpaired) electrons. The maximum atomic E-state index is 5.75. The Kier molecular flexibility index (Phi) is 3.87. The largest absolute Gasteiger partial charge is 0.493 e. The predicted octanol–water partition coefficient (Wildman–Crippen LogP) is 3.66. The first-order valence-corrected chi connectivity index (χ1v) is 6.64. The van der Waals surface area contributed by atoms with Crippen LogP contribution in [0.15, 0.2) is 22.7 Å². The summed E-state index contributed by atoms with van der Waals surface area (Å²) in [4.78, 5) is 0. The molecular formula is C13H18BrNO.